The number of carbonyl (C=O) groups is 2. The lowest BCUT2D eigenvalue weighted by Gasteiger charge is -2.21. The smallest absolute Gasteiger partial charge is 0.307 e. The summed E-state index contributed by atoms with van der Waals surface area (Å²) >= 11 is 0. The van der Waals surface area contributed by atoms with Gasteiger partial charge in [-0.25, -0.2) is 0 Å². The number of carbonyl (C=O) groups excluding carboxylic acids is 1. The average Bonchev–Trinajstić information content (AvgIpc) is 3.01. The van der Waals surface area contributed by atoms with E-state index in [0.29, 0.717) is 6.42 Å². The van der Waals surface area contributed by atoms with Crippen molar-refractivity contribution in [3.63, 3.8) is 0 Å². The van der Waals surface area contributed by atoms with E-state index < -0.39 is 11.9 Å². The molecular weight excluding hydrogens is 218 g/mol. The zero-order valence-electron chi connectivity index (χ0n) is 10.2. The van der Waals surface area contributed by atoms with Gasteiger partial charge in [0.15, 0.2) is 0 Å². The molecule has 4 nitrogen and oxygen atoms in total. The third-order valence-corrected chi connectivity index (χ3v) is 3.90. The quantitative estimate of drug-likeness (QED) is 0.791. The molecule has 2 atom stereocenters. The second-order valence-electron chi connectivity index (χ2n) is 5.34. The minimum Gasteiger partial charge on any atom is -0.481 e. The van der Waals surface area contributed by atoms with Crippen LogP contribution in [0.5, 0.6) is 0 Å². The molecule has 0 saturated heterocycles. The molecular formula is C13H21NO3. The summed E-state index contributed by atoms with van der Waals surface area (Å²) in [7, 11) is 0. The van der Waals surface area contributed by atoms with E-state index in [1.54, 1.807) is 0 Å². The molecule has 0 aromatic rings. The van der Waals surface area contributed by atoms with Crippen LogP contribution in [0, 0.1) is 11.8 Å². The third-order valence-electron chi connectivity index (χ3n) is 3.90. The van der Waals surface area contributed by atoms with Crippen LogP contribution in [0.1, 0.15) is 51.4 Å². The Kier molecular flexibility index (Phi) is 4.02. The van der Waals surface area contributed by atoms with Crippen LogP contribution >= 0.6 is 0 Å². The van der Waals surface area contributed by atoms with Crippen LogP contribution in [-0.2, 0) is 9.59 Å². The molecule has 2 aliphatic carbocycles. The van der Waals surface area contributed by atoms with E-state index in [4.69, 9.17) is 5.11 Å². The van der Waals surface area contributed by atoms with Crippen molar-refractivity contribution < 1.29 is 14.7 Å². The maximum Gasteiger partial charge on any atom is 0.307 e. The van der Waals surface area contributed by atoms with E-state index in [-0.39, 0.29) is 17.9 Å². The number of carboxylic acid groups (broad SMARTS) is 1. The first-order valence-corrected chi connectivity index (χ1v) is 6.71. The highest BCUT2D eigenvalue weighted by molar-refractivity contribution is 5.89. The SMILES string of the molecule is O=C(O)[C@H]1C[C@@H]1C(=O)NC1CCCCCCC1. The lowest BCUT2D eigenvalue weighted by Crippen LogP contribution is -2.36. The first-order valence-electron chi connectivity index (χ1n) is 6.71. The van der Waals surface area contributed by atoms with Crippen LogP contribution in [0.4, 0.5) is 0 Å². The second kappa shape index (κ2) is 5.52. The fraction of sp³-hybridized carbons (Fsp3) is 0.846. The van der Waals surface area contributed by atoms with Crippen LogP contribution in [0.25, 0.3) is 0 Å². The van der Waals surface area contributed by atoms with Gasteiger partial charge in [-0.15, -0.1) is 0 Å². The Hall–Kier alpha value is -1.06. The summed E-state index contributed by atoms with van der Waals surface area (Å²) in [6.07, 6.45) is 8.81. The maximum atomic E-state index is 11.8. The summed E-state index contributed by atoms with van der Waals surface area (Å²) in [6, 6.07) is 0.276. The number of hydrogen-bond donors (Lipinski definition) is 2. The number of amides is 1. The number of rotatable bonds is 3. The van der Waals surface area contributed by atoms with Crippen molar-refractivity contribution in [2.24, 2.45) is 11.8 Å². The molecule has 2 N–H and O–H groups in total. The first kappa shape index (κ1) is 12.4. The van der Waals surface area contributed by atoms with Gasteiger partial charge in [0.1, 0.15) is 0 Å². The Morgan fingerprint density at radius 2 is 1.53 bits per heavy atom. The van der Waals surface area contributed by atoms with Gasteiger partial charge in [-0.2, -0.15) is 0 Å². The number of carboxylic acids is 1. The fourth-order valence-corrected chi connectivity index (χ4v) is 2.67. The predicted molar refractivity (Wildman–Crippen MR) is 63.5 cm³/mol. The van der Waals surface area contributed by atoms with Gasteiger partial charge in [0.25, 0.3) is 0 Å². The van der Waals surface area contributed by atoms with Crippen molar-refractivity contribution in [3.8, 4) is 0 Å². The van der Waals surface area contributed by atoms with E-state index in [0.717, 1.165) is 12.8 Å². The molecule has 96 valence electrons. The highest BCUT2D eigenvalue weighted by Gasteiger charge is 2.48. The van der Waals surface area contributed by atoms with Crippen LogP contribution in [0.2, 0.25) is 0 Å². The Labute approximate surface area is 102 Å². The Morgan fingerprint density at radius 3 is 2.06 bits per heavy atom. The molecule has 2 fully saturated rings. The Balaban J connectivity index is 1.75. The molecule has 1 amide bonds. The fourth-order valence-electron chi connectivity index (χ4n) is 2.67. The largest absolute Gasteiger partial charge is 0.481 e. The molecule has 2 rings (SSSR count). The molecule has 0 unspecified atom stereocenters. The highest BCUT2D eigenvalue weighted by Crippen LogP contribution is 2.38. The van der Waals surface area contributed by atoms with Crippen molar-refractivity contribution in [2.45, 2.75) is 57.4 Å². The monoisotopic (exact) mass is 239 g/mol. The standard InChI is InChI=1S/C13H21NO3/c15-12(10-8-11(10)13(16)17)14-9-6-4-2-1-3-5-7-9/h9-11H,1-8H2,(H,14,15)(H,16,17)/t10-,11-/m0/s1. The molecule has 0 heterocycles. The van der Waals surface area contributed by atoms with Crippen molar-refractivity contribution >= 4 is 11.9 Å². The minimum atomic E-state index is -0.831. The van der Waals surface area contributed by atoms with Crippen LogP contribution in [-0.4, -0.2) is 23.0 Å². The van der Waals surface area contributed by atoms with Crippen molar-refractivity contribution in [1.82, 2.24) is 5.32 Å². The molecule has 0 radical (unpaired) electrons. The lowest BCUT2D eigenvalue weighted by atomic mass is 9.96. The van der Waals surface area contributed by atoms with Gasteiger partial charge in [-0.05, 0) is 19.3 Å². The average molecular weight is 239 g/mol. The van der Waals surface area contributed by atoms with Gasteiger partial charge in [0.2, 0.25) is 5.91 Å². The number of aliphatic carboxylic acids is 1. The summed E-state index contributed by atoms with van der Waals surface area (Å²) in [5.41, 5.74) is 0. The molecule has 2 aliphatic rings. The van der Waals surface area contributed by atoms with Gasteiger partial charge in [-0.1, -0.05) is 32.1 Å². The molecule has 2 saturated carbocycles. The Morgan fingerprint density at radius 1 is 0.941 bits per heavy atom. The van der Waals surface area contributed by atoms with E-state index in [1.807, 2.05) is 0 Å². The summed E-state index contributed by atoms with van der Waals surface area (Å²) < 4.78 is 0. The van der Waals surface area contributed by atoms with E-state index in [9.17, 15) is 9.59 Å². The predicted octanol–water partition coefficient (Wildman–Crippen LogP) is 1.94. The lowest BCUT2D eigenvalue weighted by molar-refractivity contribution is -0.140. The summed E-state index contributed by atoms with van der Waals surface area (Å²) in [5, 5.41) is 11.8. The minimum absolute atomic E-state index is 0.0389. The van der Waals surface area contributed by atoms with Crippen LogP contribution < -0.4 is 5.32 Å². The molecule has 0 aromatic carbocycles. The summed E-state index contributed by atoms with van der Waals surface area (Å²) in [6.45, 7) is 0. The molecule has 4 heteroatoms. The van der Waals surface area contributed by atoms with Crippen molar-refractivity contribution in [1.29, 1.82) is 0 Å². The highest BCUT2D eigenvalue weighted by atomic mass is 16.4. The topological polar surface area (TPSA) is 66.4 Å². The maximum absolute atomic E-state index is 11.8. The van der Waals surface area contributed by atoms with Gasteiger partial charge in [-0.3, -0.25) is 9.59 Å². The molecule has 17 heavy (non-hydrogen) atoms. The second-order valence-corrected chi connectivity index (χ2v) is 5.34. The third kappa shape index (κ3) is 3.45. The first-order chi connectivity index (χ1) is 8.18. The zero-order chi connectivity index (χ0) is 12.3. The van der Waals surface area contributed by atoms with Gasteiger partial charge in [0.05, 0.1) is 11.8 Å². The van der Waals surface area contributed by atoms with Gasteiger partial charge < -0.3 is 10.4 Å². The van der Waals surface area contributed by atoms with Gasteiger partial charge in [0, 0.05) is 6.04 Å². The summed E-state index contributed by atoms with van der Waals surface area (Å²) in [4.78, 5) is 22.5. The van der Waals surface area contributed by atoms with E-state index in [2.05, 4.69) is 5.32 Å². The summed E-state index contributed by atoms with van der Waals surface area (Å²) in [5.74, 6) is -1.56. The van der Waals surface area contributed by atoms with E-state index in [1.165, 1.54) is 32.1 Å². The molecule has 0 bridgehead atoms. The normalized spacial score (nSPS) is 30.1. The number of nitrogens with one attached hydrogen (secondary N) is 1. The van der Waals surface area contributed by atoms with Crippen molar-refractivity contribution in [2.75, 3.05) is 0 Å². The van der Waals surface area contributed by atoms with E-state index >= 15 is 0 Å². The van der Waals surface area contributed by atoms with Crippen LogP contribution in [0.15, 0.2) is 0 Å². The zero-order valence-corrected chi connectivity index (χ0v) is 10.2. The molecule has 0 aliphatic heterocycles. The number of hydrogen-bond acceptors (Lipinski definition) is 2. The van der Waals surface area contributed by atoms with Crippen molar-refractivity contribution in [3.05, 3.63) is 0 Å². The van der Waals surface area contributed by atoms with Gasteiger partial charge >= 0.3 is 5.97 Å². The van der Waals surface area contributed by atoms with Crippen LogP contribution in [0.3, 0.4) is 0 Å². The Bertz CT molecular complexity index is 295. The molecule has 0 aromatic heterocycles. The molecule has 0 spiro atoms.